The van der Waals surface area contributed by atoms with Crippen molar-refractivity contribution in [1.29, 1.82) is 0 Å². The first-order chi connectivity index (χ1) is 14.4. The molecule has 0 atom stereocenters. The van der Waals surface area contributed by atoms with Crippen LogP contribution >= 0.6 is 11.3 Å². The van der Waals surface area contributed by atoms with Gasteiger partial charge in [-0.05, 0) is 39.1 Å². The van der Waals surface area contributed by atoms with Crippen LogP contribution in [0.3, 0.4) is 0 Å². The number of benzene rings is 3. The van der Waals surface area contributed by atoms with Crippen LogP contribution in [-0.2, 0) is 5.54 Å². The van der Waals surface area contributed by atoms with Gasteiger partial charge < -0.3 is 0 Å². The lowest BCUT2D eigenvalue weighted by Gasteiger charge is -2.36. The number of aromatic nitrogens is 2. The van der Waals surface area contributed by atoms with Crippen LogP contribution in [0.15, 0.2) is 120 Å². The van der Waals surface area contributed by atoms with Crippen molar-refractivity contribution < 1.29 is 0 Å². The van der Waals surface area contributed by atoms with Crippen LogP contribution in [0.1, 0.15) is 16.7 Å². The van der Waals surface area contributed by atoms with E-state index in [1.54, 1.807) is 11.3 Å². The molecule has 3 heteroatoms. The van der Waals surface area contributed by atoms with Gasteiger partial charge in [0.15, 0.2) is 0 Å². The van der Waals surface area contributed by atoms with E-state index in [4.69, 9.17) is 5.10 Å². The molecule has 0 aliphatic carbocycles. The maximum atomic E-state index is 4.90. The highest BCUT2D eigenvalue weighted by Gasteiger charge is 2.39. The summed E-state index contributed by atoms with van der Waals surface area (Å²) in [5.74, 6) is 0. The van der Waals surface area contributed by atoms with Gasteiger partial charge in [0, 0.05) is 11.8 Å². The van der Waals surface area contributed by atoms with Crippen LogP contribution in [0.5, 0.6) is 0 Å². The van der Waals surface area contributed by atoms with Gasteiger partial charge in [-0.15, -0.1) is 0 Å². The van der Waals surface area contributed by atoms with Crippen molar-refractivity contribution in [3.63, 3.8) is 0 Å². The van der Waals surface area contributed by atoms with Crippen LogP contribution in [0.2, 0.25) is 0 Å². The fraction of sp³-hybridized carbons (Fsp3) is 0.0385. The van der Waals surface area contributed by atoms with E-state index in [-0.39, 0.29) is 0 Å². The molecule has 2 nitrogen and oxygen atoms in total. The van der Waals surface area contributed by atoms with Gasteiger partial charge in [-0.1, -0.05) is 91.0 Å². The van der Waals surface area contributed by atoms with Gasteiger partial charge in [-0.25, -0.2) is 0 Å². The van der Waals surface area contributed by atoms with E-state index in [0.29, 0.717) is 0 Å². The number of hydrogen-bond donors (Lipinski definition) is 0. The molecule has 0 radical (unpaired) electrons. The van der Waals surface area contributed by atoms with Gasteiger partial charge in [0.25, 0.3) is 0 Å². The van der Waals surface area contributed by atoms with Gasteiger partial charge in [-0.3, -0.25) is 4.68 Å². The maximum Gasteiger partial charge on any atom is 0.138 e. The smallest absolute Gasteiger partial charge is 0.138 e. The molecule has 5 aromatic rings. The number of thiophene rings is 1. The highest BCUT2D eigenvalue weighted by Crippen LogP contribution is 2.41. The van der Waals surface area contributed by atoms with E-state index < -0.39 is 5.54 Å². The molecule has 29 heavy (non-hydrogen) atoms. The van der Waals surface area contributed by atoms with Gasteiger partial charge in [0.1, 0.15) is 5.54 Å². The summed E-state index contributed by atoms with van der Waals surface area (Å²) in [6, 6.07) is 34.0. The van der Waals surface area contributed by atoms with Gasteiger partial charge in [-0.2, -0.15) is 16.4 Å². The van der Waals surface area contributed by atoms with Crippen molar-refractivity contribution in [2.45, 2.75) is 5.54 Å². The molecule has 0 saturated heterocycles. The van der Waals surface area contributed by atoms with Crippen LogP contribution in [0.25, 0.3) is 11.1 Å². The quantitative estimate of drug-likeness (QED) is 0.314. The summed E-state index contributed by atoms with van der Waals surface area (Å²) in [7, 11) is 0. The van der Waals surface area contributed by atoms with Crippen molar-refractivity contribution in [2.75, 3.05) is 0 Å². The Labute approximate surface area is 174 Å². The molecular formula is C26H20N2S. The Hall–Kier alpha value is -3.43. The molecule has 0 amide bonds. The molecule has 0 spiro atoms. The predicted octanol–water partition coefficient (Wildman–Crippen LogP) is 6.45. The fourth-order valence-electron chi connectivity index (χ4n) is 4.02. The van der Waals surface area contributed by atoms with Crippen molar-refractivity contribution >= 4 is 11.3 Å². The molecule has 3 aromatic carbocycles. The van der Waals surface area contributed by atoms with Crippen molar-refractivity contribution in [2.24, 2.45) is 0 Å². The molecule has 0 fully saturated rings. The average Bonchev–Trinajstić information content (AvgIpc) is 3.49. The van der Waals surface area contributed by atoms with E-state index in [1.165, 1.54) is 22.3 Å². The summed E-state index contributed by atoms with van der Waals surface area (Å²) in [5.41, 5.74) is 5.30. The summed E-state index contributed by atoms with van der Waals surface area (Å²) < 4.78 is 2.11. The van der Waals surface area contributed by atoms with Gasteiger partial charge in [0.2, 0.25) is 0 Å². The summed E-state index contributed by atoms with van der Waals surface area (Å²) in [4.78, 5) is 0. The minimum atomic E-state index is -0.557. The van der Waals surface area contributed by atoms with Crippen molar-refractivity contribution in [3.05, 3.63) is 137 Å². The number of rotatable bonds is 5. The maximum absolute atomic E-state index is 4.90. The zero-order valence-electron chi connectivity index (χ0n) is 15.8. The van der Waals surface area contributed by atoms with E-state index in [0.717, 1.165) is 5.56 Å². The first kappa shape index (κ1) is 17.7. The Morgan fingerprint density at radius 2 is 1.14 bits per heavy atom. The number of nitrogens with zero attached hydrogens (tertiary/aromatic N) is 2. The third kappa shape index (κ3) is 3.00. The Morgan fingerprint density at radius 1 is 0.621 bits per heavy atom. The zero-order valence-corrected chi connectivity index (χ0v) is 16.7. The second kappa shape index (κ2) is 7.53. The average molecular weight is 393 g/mol. The fourth-order valence-corrected chi connectivity index (χ4v) is 4.68. The van der Waals surface area contributed by atoms with E-state index in [2.05, 4.69) is 119 Å². The summed E-state index contributed by atoms with van der Waals surface area (Å²) in [6.45, 7) is 0. The molecule has 2 aromatic heterocycles. The van der Waals surface area contributed by atoms with Gasteiger partial charge >= 0.3 is 0 Å². The SMILES string of the molecule is c1ccc(C(c2ccccc2)(c2ccccc2)n2cc(-c3ccsc3)cn2)cc1. The largest absolute Gasteiger partial charge is 0.252 e. The lowest BCUT2D eigenvalue weighted by Crippen LogP contribution is -2.38. The zero-order chi connectivity index (χ0) is 19.5. The second-order valence-corrected chi connectivity index (χ2v) is 7.77. The monoisotopic (exact) mass is 392 g/mol. The molecular weight excluding hydrogens is 372 g/mol. The van der Waals surface area contributed by atoms with Crippen molar-refractivity contribution in [3.8, 4) is 11.1 Å². The Morgan fingerprint density at radius 3 is 1.59 bits per heavy atom. The van der Waals surface area contributed by atoms with Crippen LogP contribution in [0, 0.1) is 0 Å². The molecule has 0 N–H and O–H groups in total. The van der Waals surface area contributed by atoms with E-state index >= 15 is 0 Å². The summed E-state index contributed by atoms with van der Waals surface area (Å²) in [6.07, 6.45) is 4.13. The molecule has 2 heterocycles. The lowest BCUT2D eigenvalue weighted by atomic mass is 9.77. The Bertz CT molecular complexity index is 1080. The highest BCUT2D eigenvalue weighted by atomic mass is 32.1. The molecule has 0 bridgehead atoms. The first-order valence-electron chi connectivity index (χ1n) is 9.63. The minimum Gasteiger partial charge on any atom is -0.252 e. The normalized spacial score (nSPS) is 11.4. The topological polar surface area (TPSA) is 17.8 Å². The second-order valence-electron chi connectivity index (χ2n) is 6.99. The lowest BCUT2D eigenvalue weighted by molar-refractivity contribution is 0.460. The third-order valence-electron chi connectivity index (χ3n) is 5.36. The first-order valence-corrected chi connectivity index (χ1v) is 10.6. The Kier molecular flexibility index (Phi) is 4.59. The summed E-state index contributed by atoms with van der Waals surface area (Å²) >= 11 is 1.70. The van der Waals surface area contributed by atoms with E-state index in [1.807, 2.05) is 6.20 Å². The Balaban J connectivity index is 1.84. The molecule has 5 rings (SSSR count). The minimum absolute atomic E-state index is 0.557. The van der Waals surface area contributed by atoms with E-state index in [9.17, 15) is 0 Å². The van der Waals surface area contributed by atoms with Crippen LogP contribution in [-0.4, -0.2) is 9.78 Å². The predicted molar refractivity (Wildman–Crippen MR) is 120 cm³/mol. The highest BCUT2D eigenvalue weighted by molar-refractivity contribution is 7.08. The molecule has 140 valence electrons. The standard InChI is InChI=1S/C26H20N2S/c1-4-10-23(11-5-1)26(24-12-6-2-7-13-24,25-14-8-3-9-15-25)28-19-22(18-27-28)21-16-17-29-20-21/h1-20H. The molecule has 0 aliphatic heterocycles. The van der Waals surface area contributed by atoms with Crippen molar-refractivity contribution in [1.82, 2.24) is 9.78 Å². The third-order valence-corrected chi connectivity index (χ3v) is 6.04. The van der Waals surface area contributed by atoms with Crippen LogP contribution < -0.4 is 0 Å². The number of hydrogen-bond acceptors (Lipinski definition) is 2. The molecule has 0 aliphatic rings. The molecule has 0 saturated carbocycles. The van der Waals surface area contributed by atoms with Gasteiger partial charge in [0.05, 0.1) is 6.20 Å². The molecule has 0 unspecified atom stereocenters. The van der Waals surface area contributed by atoms with Crippen LogP contribution in [0.4, 0.5) is 0 Å². The summed E-state index contributed by atoms with van der Waals surface area (Å²) in [5, 5.41) is 9.16.